The van der Waals surface area contributed by atoms with E-state index in [1.165, 1.54) is 18.5 Å². The maximum atomic E-state index is 13.1. The quantitative estimate of drug-likeness (QED) is 0.655. The molecule has 30 heavy (non-hydrogen) atoms. The van der Waals surface area contributed by atoms with E-state index in [4.69, 9.17) is 16.3 Å². The minimum absolute atomic E-state index is 0.0415. The molecule has 1 aromatic heterocycles. The Morgan fingerprint density at radius 3 is 2.63 bits per heavy atom. The molecule has 0 aliphatic carbocycles. The van der Waals surface area contributed by atoms with Crippen LogP contribution in [0.3, 0.4) is 0 Å². The average molecular weight is 434 g/mol. The lowest BCUT2D eigenvalue weighted by molar-refractivity contribution is -0.137. The van der Waals surface area contributed by atoms with E-state index in [0.29, 0.717) is 17.2 Å². The number of rotatable bonds is 4. The molecule has 0 saturated carbocycles. The Labute approximate surface area is 174 Å². The first-order chi connectivity index (χ1) is 14.3. The Kier molecular flexibility index (Phi) is 5.34. The summed E-state index contributed by atoms with van der Waals surface area (Å²) in [7, 11) is 0. The first kappa shape index (κ1) is 20.2. The number of carbonyl (C=O) groups excluding carboxylic acids is 1. The maximum absolute atomic E-state index is 13.1. The molecule has 1 aliphatic rings. The van der Waals surface area contributed by atoms with Crippen molar-refractivity contribution < 1.29 is 22.7 Å². The molecular formula is C21H15ClF3N3O2. The standard InChI is InChI=1S/C21H15ClF3N3O2/c22-18-7-12(14-8-26-11-27-9-14)5-13-6-15(30-19(13)18)10-28-20(29)16-3-1-2-4-17(16)21(23,24)25/h1-5,7-9,11,15H,6,10H2,(H,28,29)/t15-/m1/s1. The van der Waals surface area contributed by atoms with E-state index < -0.39 is 29.3 Å². The molecule has 3 aromatic rings. The lowest BCUT2D eigenvalue weighted by atomic mass is 10.0. The Balaban J connectivity index is 1.46. The first-order valence-corrected chi connectivity index (χ1v) is 9.39. The predicted octanol–water partition coefficient (Wildman–Crippen LogP) is 4.55. The zero-order chi connectivity index (χ0) is 21.3. The maximum Gasteiger partial charge on any atom is 0.417 e. The SMILES string of the molecule is O=C(NC[C@H]1Cc2cc(-c3cncnc3)cc(Cl)c2O1)c1ccccc1C(F)(F)F. The molecule has 154 valence electrons. The van der Waals surface area contributed by atoms with Gasteiger partial charge in [-0.05, 0) is 29.8 Å². The number of fused-ring (bicyclic) bond motifs is 1. The van der Waals surface area contributed by atoms with Gasteiger partial charge in [0.15, 0.2) is 0 Å². The van der Waals surface area contributed by atoms with Gasteiger partial charge in [0.05, 0.1) is 22.7 Å². The summed E-state index contributed by atoms with van der Waals surface area (Å²) in [5.41, 5.74) is 1.06. The number of alkyl halides is 3. The average Bonchev–Trinajstić information content (AvgIpc) is 3.16. The van der Waals surface area contributed by atoms with Crippen molar-refractivity contribution in [2.75, 3.05) is 6.54 Å². The van der Waals surface area contributed by atoms with Crippen LogP contribution >= 0.6 is 11.6 Å². The third-order valence-corrected chi connectivity index (χ3v) is 4.99. The summed E-state index contributed by atoms with van der Waals surface area (Å²) in [5, 5.41) is 2.93. The van der Waals surface area contributed by atoms with Gasteiger partial charge in [0.1, 0.15) is 18.2 Å². The zero-order valence-corrected chi connectivity index (χ0v) is 16.2. The molecule has 1 aliphatic heterocycles. The highest BCUT2D eigenvalue weighted by atomic mass is 35.5. The van der Waals surface area contributed by atoms with Crippen molar-refractivity contribution in [2.24, 2.45) is 0 Å². The summed E-state index contributed by atoms with van der Waals surface area (Å²) < 4.78 is 45.2. The van der Waals surface area contributed by atoms with Gasteiger partial charge in [0.2, 0.25) is 0 Å². The van der Waals surface area contributed by atoms with Gasteiger partial charge in [0, 0.05) is 29.9 Å². The second-order valence-corrected chi connectivity index (χ2v) is 7.18. The molecule has 1 N–H and O–H groups in total. The summed E-state index contributed by atoms with van der Waals surface area (Å²) in [6.07, 6.45) is 0.156. The van der Waals surface area contributed by atoms with E-state index in [1.807, 2.05) is 6.07 Å². The van der Waals surface area contributed by atoms with Crippen molar-refractivity contribution in [3.8, 4) is 16.9 Å². The number of nitrogens with zero attached hydrogens (tertiary/aromatic N) is 2. The summed E-state index contributed by atoms with van der Waals surface area (Å²) in [6, 6.07) is 8.30. The zero-order valence-electron chi connectivity index (χ0n) is 15.4. The number of benzene rings is 2. The molecule has 9 heteroatoms. The molecule has 5 nitrogen and oxygen atoms in total. The molecule has 1 atom stereocenters. The van der Waals surface area contributed by atoms with Gasteiger partial charge in [-0.3, -0.25) is 4.79 Å². The smallest absolute Gasteiger partial charge is 0.417 e. The Morgan fingerprint density at radius 1 is 1.17 bits per heavy atom. The summed E-state index contributed by atoms with van der Waals surface area (Å²) >= 11 is 6.34. The molecule has 0 bridgehead atoms. The van der Waals surface area contributed by atoms with Gasteiger partial charge in [-0.1, -0.05) is 23.7 Å². The number of ether oxygens (including phenoxy) is 1. The molecule has 0 saturated heterocycles. The van der Waals surface area contributed by atoms with E-state index >= 15 is 0 Å². The minimum Gasteiger partial charge on any atom is -0.486 e. The molecule has 2 heterocycles. The van der Waals surface area contributed by atoms with Crippen molar-refractivity contribution in [3.05, 3.63) is 76.8 Å². The van der Waals surface area contributed by atoms with Crippen molar-refractivity contribution in [3.63, 3.8) is 0 Å². The van der Waals surface area contributed by atoms with Gasteiger partial charge in [0.25, 0.3) is 5.91 Å². The van der Waals surface area contributed by atoms with Gasteiger partial charge < -0.3 is 10.1 Å². The van der Waals surface area contributed by atoms with Crippen molar-refractivity contribution in [1.82, 2.24) is 15.3 Å². The molecule has 2 aromatic carbocycles. The number of carbonyl (C=O) groups is 1. The van der Waals surface area contributed by atoms with E-state index in [2.05, 4.69) is 15.3 Å². The second-order valence-electron chi connectivity index (χ2n) is 6.77. The molecule has 0 spiro atoms. The van der Waals surface area contributed by atoms with E-state index in [1.54, 1.807) is 18.5 Å². The highest BCUT2D eigenvalue weighted by Crippen LogP contribution is 2.39. The normalized spacial score (nSPS) is 15.4. The lowest BCUT2D eigenvalue weighted by Gasteiger charge is -2.15. The second kappa shape index (κ2) is 7.95. The van der Waals surface area contributed by atoms with Gasteiger partial charge in [-0.25, -0.2) is 9.97 Å². The van der Waals surface area contributed by atoms with Crippen LogP contribution in [0.4, 0.5) is 13.2 Å². The van der Waals surface area contributed by atoms with Crippen molar-refractivity contribution in [1.29, 1.82) is 0 Å². The first-order valence-electron chi connectivity index (χ1n) is 9.02. The fourth-order valence-corrected chi connectivity index (χ4v) is 3.63. The van der Waals surface area contributed by atoms with Crippen molar-refractivity contribution >= 4 is 17.5 Å². The lowest BCUT2D eigenvalue weighted by Crippen LogP contribution is -2.35. The van der Waals surface area contributed by atoms with E-state index in [9.17, 15) is 18.0 Å². The Hall–Kier alpha value is -3.13. The van der Waals surface area contributed by atoms with Crippen molar-refractivity contribution in [2.45, 2.75) is 18.7 Å². The molecule has 0 unspecified atom stereocenters. The van der Waals surface area contributed by atoms with Crippen LogP contribution in [-0.2, 0) is 12.6 Å². The topological polar surface area (TPSA) is 64.1 Å². The van der Waals surface area contributed by atoms with Crippen LogP contribution in [0.5, 0.6) is 5.75 Å². The van der Waals surface area contributed by atoms with Gasteiger partial charge in [-0.15, -0.1) is 0 Å². The molecule has 0 fully saturated rings. The van der Waals surface area contributed by atoms with Crippen LogP contribution in [0.25, 0.3) is 11.1 Å². The van der Waals surface area contributed by atoms with Crippen LogP contribution < -0.4 is 10.1 Å². The highest BCUT2D eigenvalue weighted by Gasteiger charge is 2.35. The predicted molar refractivity (Wildman–Crippen MR) is 104 cm³/mol. The van der Waals surface area contributed by atoms with E-state index in [0.717, 1.165) is 28.8 Å². The van der Waals surface area contributed by atoms with Crippen LogP contribution in [0.1, 0.15) is 21.5 Å². The molecule has 0 radical (unpaired) electrons. The number of aromatic nitrogens is 2. The monoisotopic (exact) mass is 433 g/mol. The number of nitrogens with one attached hydrogen (secondary N) is 1. The minimum atomic E-state index is -4.61. The summed E-state index contributed by atoms with van der Waals surface area (Å²) in [5.74, 6) is -0.303. The third-order valence-electron chi connectivity index (χ3n) is 4.71. The third kappa shape index (κ3) is 4.09. The van der Waals surface area contributed by atoms with Gasteiger partial charge >= 0.3 is 6.18 Å². The van der Waals surface area contributed by atoms with E-state index in [-0.39, 0.29) is 6.54 Å². The van der Waals surface area contributed by atoms with Crippen LogP contribution in [0.15, 0.2) is 55.1 Å². The Bertz CT molecular complexity index is 1090. The molecular weight excluding hydrogens is 419 g/mol. The molecule has 1 amide bonds. The van der Waals surface area contributed by atoms with Crippen LogP contribution in [-0.4, -0.2) is 28.5 Å². The largest absolute Gasteiger partial charge is 0.486 e. The number of hydrogen-bond donors (Lipinski definition) is 1. The van der Waals surface area contributed by atoms with Crippen LogP contribution in [0.2, 0.25) is 5.02 Å². The number of amides is 1. The van der Waals surface area contributed by atoms with Crippen LogP contribution in [0, 0.1) is 0 Å². The molecule has 4 rings (SSSR count). The Morgan fingerprint density at radius 2 is 1.90 bits per heavy atom. The fourth-order valence-electron chi connectivity index (χ4n) is 3.35. The number of halogens is 4. The number of hydrogen-bond acceptors (Lipinski definition) is 4. The summed E-state index contributed by atoms with van der Waals surface area (Å²) in [6.45, 7) is 0.0415. The fraction of sp³-hybridized carbons (Fsp3) is 0.190. The highest BCUT2D eigenvalue weighted by molar-refractivity contribution is 6.32. The van der Waals surface area contributed by atoms with Gasteiger partial charge in [-0.2, -0.15) is 13.2 Å². The summed E-state index contributed by atoms with van der Waals surface area (Å²) in [4.78, 5) is 20.3.